The molecule has 0 unspecified atom stereocenters. The molecule has 1 N–H and O–H groups in total. The average Bonchev–Trinajstić information content (AvgIpc) is 2.97. The van der Waals surface area contributed by atoms with Crippen LogP contribution >= 0.6 is 0 Å². The number of carbonyl (C=O) groups excluding carboxylic acids is 1. The van der Waals surface area contributed by atoms with E-state index in [4.69, 9.17) is 4.98 Å². The molecule has 4 aliphatic carbocycles. The largest absolute Gasteiger partial charge is 0.355 e. The maximum Gasteiger partial charge on any atom is 0.226 e. The first-order chi connectivity index (χ1) is 12.7. The van der Waals surface area contributed by atoms with E-state index < -0.39 is 0 Å². The zero-order chi connectivity index (χ0) is 17.7. The lowest BCUT2D eigenvalue weighted by Crippen LogP contribution is -2.53. The number of aromatic nitrogens is 2. The number of hydrogen-bond acceptors (Lipinski definition) is 2. The van der Waals surface area contributed by atoms with E-state index in [1.165, 1.54) is 24.8 Å². The predicted molar refractivity (Wildman–Crippen MR) is 103 cm³/mol. The van der Waals surface area contributed by atoms with Gasteiger partial charge in [-0.3, -0.25) is 4.79 Å². The number of nitrogens with zero attached hydrogens (tertiary/aromatic N) is 2. The summed E-state index contributed by atoms with van der Waals surface area (Å²) in [6.07, 6.45) is 8.36. The highest BCUT2D eigenvalue weighted by atomic mass is 16.2. The van der Waals surface area contributed by atoms with Crippen LogP contribution in [0.5, 0.6) is 0 Å². The number of fused-ring (bicyclic) bond motifs is 1. The van der Waals surface area contributed by atoms with Gasteiger partial charge in [0, 0.05) is 24.9 Å². The summed E-state index contributed by atoms with van der Waals surface area (Å²) in [5.41, 5.74) is 2.20. The van der Waals surface area contributed by atoms with Gasteiger partial charge in [-0.25, -0.2) is 4.98 Å². The second-order valence-electron chi connectivity index (χ2n) is 8.96. The fourth-order valence-electron chi connectivity index (χ4n) is 6.53. The Morgan fingerprint density at radius 1 is 1.15 bits per heavy atom. The lowest BCUT2D eigenvalue weighted by atomic mass is 9.49. The van der Waals surface area contributed by atoms with E-state index in [9.17, 15) is 4.79 Å². The summed E-state index contributed by atoms with van der Waals surface area (Å²) in [4.78, 5) is 17.9. The van der Waals surface area contributed by atoms with Crippen LogP contribution < -0.4 is 5.32 Å². The highest BCUT2D eigenvalue weighted by Crippen LogP contribution is 2.60. The summed E-state index contributed by atoms with van der Waals surface area (Å²) >= 11 is 0. The number of aryl methyl sites for hydroxylation is 1. The van der Waals surface area contributed by atoms with Crippen molar-refractivity contribution in [2.24, 2.45) is 23.2 Å². The van der Waals surface area contributed by atoms with Crippen molar-refractivity contribution in [3.05, 3.63) is 30.1 Å². The Morgan fingerprint density at radius 3 is 2.46 bits per heavy atom. The van der Waals surface area contributed by atoms with Gasteiger partial charge in [0.1, 0.15) is 5.82 Å². The topological polar surface area (TPSA) is 46.9 Å². The highest BCUT2D eigenvalue weighted by Gasteiger charge is 2.54. The maximum atomic E-state index is 13.1. The maximum absolute atomic E-state index is 13.1. The minimum atomic E-state index is -0.0420. The smallest absolute Gasteiger partial charge is 0.226 e. The highest BCUT2D eigenvalue weighted by molar-refractivity contribution is 5.83. The second kappa shape index (κ2) is 6.11. The standard InChI is InChI=1S/C22H29N3O/c1-2-25-19-6-4-3-5-18(19)24-20(25)7-8-23-21(26)22-12-15-9-16(13-22)11-17(10-15)14-22/h3-6,15-17H,2,7-14H2,1H3,(H,23,26). The molecule has 0 atom stereocenters. The average molecular weight is 351 g/mol. The van der Waals surface area contributed by atoms with Gasteiger partial charge >= 0.3 is 0 Å². The molecule has 1 heterocycles. The van der Waals surface area contributed by atoms with Gasteiger partial charge in [-0.05, 0) is 75.3 Å². The van der Waals surface area contributed by atoms with Crippen molar-refractivity contribution in [1.82, 2.24) is 14.9 Å². The molecule has 138 valence electrons. The minimum Gasteiger partial charge on any atom is -0.355 e. The lowest BCUT2D eigenvalue weighted by molar-refractivity contribution is -0.146. The molecule has 0 aliphatic heterocycles. The molecule has 1 aromatic heterocycles. The van der Waals surface area contributed by atoms with Crippen LogP contribution in [-0.4, -0.2) is 22.0 Å². The number of rotatable bonds is 5. The quantitative estimate of drug-likeness (QED) is 0.887. The van der Waals surface area contributed by atoms with Gasteiger partial charge in [-0.15, -0.1) is 0 Å². The van der Waals surface area contributed by atoms with Gasteiger partial charge in [0.05, 0.1) is 11.0 Å². The van der Waals surface area contributed by atoms with Crippen LogP contribution in [0.4, 0.5) is 0 Å². The Hall–Kier alpha value is -1.84. The molecule has 26 heavy (non-hydrogen) atoms. The first-order valence-corrected chi connectivity index (χ1v) is 10.4. The number of amides is 1. The number of nitrogens with one attached hydrogen (secondary N) is 1. The normalized spacial score (nSPS) is 32.3. The molecule has 4 fully saturated rings. The summed E-state index contributed by atoms with van der Waals surface area (Å²) in [6.45, 7) is 3.77. The molecule has 1 amide bonds. The summed E-state index contributed by atoms with van der Waals surface area (Å²) in [7, 11) is 0. The molecule has 4 aliphatic rings. The fraction of sp³-hybridized carbons (Fsp3) is 0.636. The van der Waals surface area contributed by atoms with Gasteiger partial charge < -0.3 is 9.88 Å². The number of imidazole rings is 1. The number of hydrogen-bond donors (Lipinski definition) is 1. The number of para-hydroxylation sites is 2. The molecule has 4 saturated carbocycles. The van der Waals surface area contributed by atoms with Gasteiger partial charge in [0.2, 0.25) is 5.91 Å². The Morgan fingerprint density at radius 2 is 1.81 bits per heavy atom. The third kappa shape index (κ3) is 2.57. The van der Waals surface area contributed by atoms with Crippen LogP contribution in [0, 0.1) is 23.2 Å². The third-order valence-corrected chi connectivity index (χ3v) is 7.20. The van der Waals surface area contributed by atoms with E-state index in [-0.39, 0.29) is 5.41 Å². The molecule has 4 heteroatoms. The zero-order valence-corrected chi connectivity index (χ0v) is 15.7. The Kier molecular flexibility index (Phi) is 3.84. The van der Waals surface area contributed by atoms with Crippen LogP contribution in [0.3, 0.4) is 0 Å². The molecule has 1 aromatic carbocycles. The number of carbonyl (C=O) groups is 1. The van der Waals surface area contributed by atoms with Gasteiger partial charge in [0.15, 0.2) is 0 Å². The molecule has 2 aromatic rings. The summed E-state index contributed by atoms with van der Waals surface area (Å²) in [6, 6.07) is 8.30. The van der Waals surface area contributed by atoms with E-state index >= 15 is 0 Å². The van der Waals surface area contributed by atoms with Crippen molar-refractivity contribution in [1.29, 1.82) is 0 Å². The lowest BCUT2D eigenvalue weighted by Gasteiger charge is -2.55. The molecule has 0 spiro atoms. The second-order valence-corrected chi connectivity index (χ2v) is 8.96. The van der Waals surface area contributed by atoms with Crippen molar-refractivity contribution in [3.8, 4) is 0 Å². The van der Waals surface area contributed by atoms with E-state index in [1.807, 2.05) is 6.07 Å². The molecule has 4 bridgehead atoms. The van der Waals surface area contributed by atoms with Crippen molar-refractivity contribution in [2.45, 2.75) is 58.4 Å². The Balaban J connectivity index is 1.27. The summed E-state index contributed by atoms with van der Waals surface area (Å²) in [5.74, 6) is 3.86. The van der Waals surface area contributed by atoms with Crippen molar-refractivity contribution in [3.63, 3.8) is 0 Å². The van der Waals surface area contributed by atoms with Gasteiger partial charge in [0.25, 0.3) is 0 Å². The van der Waals surface area contributed by atoms with Crippen LogP contribution in [0.25, 0.3) is 11.0 Å². The predicted octanol–water partition coefficient (Wildman–Crippen LogP) is 3.93. The molecular weight excluding hydrogens is 322 g/mol. The van der Waals surface area contributed by atoms with E-state index in [1.54, 1.807) is 0 Å². The third-order valence-electron chi connectivity index (χ3n) is 7.20. The van der Waals surface area contributed by atoms with E-state index in [0.717, 1.165) is 61.3 Å². The van der Waals surface area contributed by atoms with Gasteiger partial charge in [-0.2, -0.15) is 0 Å². The Bertz CT molecular complexity index is 802. The molecule has 4 nitrogen and oxygen atoms in total. The SMILES string of the molecule is CCn1c(CCNC(=O)C23CC4CC(CC(C4)C2)C3)nc2ccccc21. The summed E-state index contributed by atoms with van der Waals surface area (Å²) in [5, 5.41) is 3.29. The van der Waals surface area contributed by atoms with Gasteiger partial charge in [-0.1, -0.05) is 12.1 Å². The minimum absolute atomic E-state index is 0.0420. The van der Waals surface area contributed by atoms with Crippen molar-refractivity contribution >= 4 is 16.9 Å². The van der Waals surface area contributed by atoms with E-state index in [2.05, 4.69) is 35.0 Å². The van der Waals surface area contributed by atoms with Crippen LogP contribution in [-0.2, 0) is 17.8 Å². The first-order valence-electron chi connectivity index (χ1n) is 10.4. The monoisotopic (exact) mass is 351 g/mol. The van der Waals surface area contributed by atoms with Crippen LogP contribution in [0.1, 0.15) is 51.3 Å². The Labute approximate surface area is 155 Å². The molecule has 0 radical (unpaired) electrons. The first kappa shape index (κ1) is 16.3. The van der Waals surface area contributed by atoms with Crippen LogP contribution in [0.15, 0.2) is 24.3 Å². The molecule has 6 rings (SSSR count). The van der Waals surface area contributed by atoms with Crippen LogP contribution in [0.2, 0.25) is 0 Å². The van der Waals surface area contributed by atoms with E-state index in [0.29, 0.717) is 12.5 Å². The fourth-order valence-corrected chi connectivity index (χ4v) is 6.53. The van der Waals surface area contributed by atoms with Crippen molar-refractivity contribution in [2.75, 3.05) is 6.54 Å². The zero-order valence-electron chi connectivity index (χ0n) is 15.7. The van der Waals surface area contributed by atoms with Crippen molar-refractivity contribution < 1.29 is 4.79 Å². The molecule has 0 saturated heterocycles. The number of benzene rings is 1. The summed E-state index contributed by atoms with van der Waals surface area (Å²) < 4.78 is 2.27. The molecular formula is C22H29N3O.